The van der Waals surface area contributed by atoms with Crippen molar-refractivity contribution in [3.63, 3.8) is 0 Å². The van der Waals surface area contributed by atoms with Crippen molar-refractivity contribution in [1.82, 2.24) is 24.5 Å². The van der Waals surface area contributed by atoms with Crippen molar-refractivity contribution in [2.45, 2.75) is 39.3 Å². The number of carbonyl (C=O) groups excluding carboxylic acids is 3. The molecule has 0 saturated heterocycles. The first-order valence-corrected chi connectivity index (χ1v) is 12.8. The number of ketones is 1. The molecule has 0 aliphatic heterocycles. The van der Waals surface area contributed by atoms with Crippen LogP contribution in [-0.2, 0) is 29.0 Å². The molecule has 0 N–H and O–H groups in total. The number of nitrogens with zero attached hydrogens (tertiary/aromatic N) is 5. The van der Waals surface area contributed by atoms with Crippen LogP contribution < -0.4 is 0 Å². The second-order valence-corrected chi connectivity index (χ2v) is 9.14. The van der Waals surface area contributed by atoms with Crippen LogP contribution in [-0.4, -0.2) is 56.5 Å². The molecule has 0 spiro atoms. The quantitative estimate of drug-likeness (QED) is 0.200. The lowest BCUT2D eigenvalue weighted by Crippen LogP contribution is -2.17. The van der Waals surface area contributed by atoms with Gasteiger partial charge in [0.15, 0.2) is 16.6 Å². The predicted octanol–water partition coefficient (Wildman–Crippen LogP) is 4.37. The molecule has 2 heterocycles. The lowest BCUT2D eigenvalue weighted by atomic mass is 9.97. The molecule has 0 atom stereocenters. The van der Waals surface area contributed by atoms with Crippen LogP contribution in [0, 0.1) is 0 Å². The molecule has 0 saturated carbocycles. The van der Waals surface area contributed by atoms with Gasteiger partial charge < -0.3 is 14.0 Å². The maximum atomic E-state index is 13.2. The standard InChI is InChI=1S/C28H28ClN5O5/c1-4-5-10-24-31-26(29)23(17-34-22(15-30-32-34)28(37)39-3)33(24)16-18-11-13-19(14-12-18)25(35)20-8-6-7-9-21(20)27(36)38-2/h6-9,11-15H,4-5,10,16-17H2,1-3H3. The smallest absolute Gasteiger partial charge is 0.358 e. The number of carbonyl (C=O) groups is 3. The minimum absolute atomic E-state index is 0.170. The van der Waals surface area contributed by atoms with Crippen LogP contribution in [0.4, 0.5) is 0 Å². The average molecular weight is 550 g/mol. The van der Waals surface area contributed by atoms with Gasteiger partial charge in [-0.1, -0.05) is 72.6 Å². The SMILES string of the molecule is CCCCc1nc(Cl)c(Cn2nncc2C(=O)OC)n1Cc1ccc(C(=O)c2ccccc2C(=O)OC)cc1. The van der Waals surface area contributed by atoms with Gasteiger partial charge in [-0.15, -0.1) is 5.10 Å². The average Bonchev–Trinajstić information content (AvgIpc) is 3.55. The predicted molar refractivity (Wildman–Crippen MR) is 143 cm³/mol. The maximum Gasteiger partial charge on any atom is 0.358 e. The molecular formula is C28H28ClN5O5. The van der Waals surface area contributed by atoms with Gasteiger partial charge in [0.1, 0.15) is 5.82 Å². The Labute approximate surface area is 230 Å². The van der Waals surface area contributed by atoms with Crippen molar-refractivity contribution < 1.29 is 23.9 Å². The number of halogens is 1. The summed E-state index contributed by atoms with van der Waals surface area (Å²) in [6.07, 6.45) is 3.97. The minimum Gasteiger partial charge on any atom is -0.465 e. The van der Waals surface area contributed by atoms with Crippen LogP contribution in [0.25, 0.3) is 0 Å². The number of unbranched alkanes of at least 4 members (excludes halogenated alkanes) is 1. The normalized spacial score (nSPS) is 10.9. The monoisotopic (exact) mass is 549 g/mol. The molecule has 11 heteroatoms. The summed E-state index contributed by atoms with van der Waals surface area (Å²) in [5.74, 6) is -0.590. The van der Waals surface area contributed by atoms with Crippen LogP contribution in [0.3, 0.4) is 0 Å². The molecule has 0 bridgehead atoms. The number of hydrogen-bond donors (Lipinski definition) is 0. The minimum atomic E-state index is -0.567. The van der Waals surface area contributed by atoms with Crippen LogP contribution in [0.5, 0.6) is 0 Å². The Morgan fingerprint density at radius 3 is 2.28 bits per heavy atom. The number of esters is 2. The third kappa shape index (κ3) is 6.06. The second kappa shape index (κ2) is 12.5. The molecule has 0 radical (unpaired) electrons. The number of aryl methyl sites for hydroxylation is 1. The lowest BCUT2D eigenvalue weighted by Gasteiger charge is -2.14. The molecule has 2 aromatic heterocycles. The Morgan fingerprint density at radius 1 is 0.923 bits per heavy atom. The fourth-order valence-electron chi connectivity index (χ4n) is 4.22. The Bertz CT molecular complexity index is 1490. The van der Waals surface area contributed by atoms with E-state index in [2.05, 4.69) is 22.2 Å². The maximum absolute atomic E-state index is 13.2. The zero-order chi connectivity index (χ0) is 27.9. The summed E-state index contributed by atoms with van der Waals surface area (Å²) in [4.78, 5) is 42.0. The highest BCUT2D eigenvalue weighted by atomic mass is 35.5. The highest BCUT2D eigenvalue weighted by Crippen LogP contribution is 2.23. The van der Waals surface area contributed by atoms with Crippen molar-refractivity contribution in [1.29, 1.82) is 0 Å². The van der Waals surface area contributed by atoms with Gasteiger partial charge >= 0.3 is 11.9 Å². The van der Waals surface area contributed by atoms with Gasteiger partial charge in [0.2, 0.25) is 0 Å². The van der Waals surface area contributed by atoms with Gasteiger partial charge in [-0.25, -0.2) is 19.3 Å². The molecule has 39 heavy (non-hydrogen) atoms. The topological polar surface area (TPSA) is 118 Å². The van der Waals surface area contributed by atoms with E-state index in [-0.39, 0.29) is 29.1 Å². The largest absolute Gasteiger partial charge is 0.465 e. The number of methoxy groups -OCH3 is 2. The summed E-state index contributed by atoms with van der Waals surface area (Å²) < 4.78 is 13.1. The van der Waals surface area contributed by atoms with Crippen molar-refractivity contribution in [2.24, 2.45) is 0 Å². The number of imidazole rings is 1. The Balaban J connectivity index is 1.63. The van der Waals surface area contributed by atoms with Crippen LogP contribution >= 0.6 is 11.6 Å². The first-order chi connectivity index (χ1) is 18.9. The van der Waals surface area contributed by atoms with E-state index in [1.165, 1.54) is 25.1 Å². The van der Waals surface area contributed by atoms with E-state index in [1.807, 2.05) is 16.7 Å². The lowest BCUT2D eigenvalue weighted by molar-refractivity contribution is 0.0582. The summed E-state index contributed by atoms with van der Waals surface area (Å²) >= 11 is 6.57. The van der Waals surface area contributed by atoms with Gasteiger partial charge in [-0.3, -0.25) is 4.79 Å². The highest BCUT2D eigenvalue weighted by molar-refractivity contribution is 6.30. The fraction of sp³-hybridized carbons (Fsp3) is 0.286. The number of rotatable bonds is 11. The molecule has 0 unspecified atom stereocenters. The number of hydrogen-bond acceptors (Lipinski definition) is 8. The summed E-state index contributed by atoms with van der Waals surface area (Å²) in [5.41, 5.74) is 2.71. The van der Waals surface area contributed by atoms with E-state index in [1.54, 1.807) is 36.4 Å². The first-order valence-electron chi connectivity index (χ1n) is 12.4. The van der Waals surface area contributed by atoms with Crippen molar-refractivity contribution >= 4 is 29.3 Å². The van der Waals surface area contributed by atoms with E-state index < -0.39 is 11.9 Å². The molecular weight excluding hydrogens is 522 g/mol. The Kier molecular flexibility index (Phi) is 8.88. The zero-order valence-corrected chi connectivity index (χ0v) is 22.6. The third-order valence-corrected chi connectivity index (χ3v) is 6.60. The first kappa shape index (κ1) is 27.7. The van der Waals surface area contributed by atoms with E-state index in [0.717, 1.165) is 30.7 Å². The molecule has 10 nitrogen and oxygen atoms in total. The molecule has 0 fully saturated rings. The molecule has 4 aromatic rings. The fourth-order valence-corrected chi connectivity index (χ4v) is 4.48. The molecule has 0 aliphatic rings. The van der Waals surface area contributed by atoms with Crippen LogP contribution in [0.1, 0.15) is 73.6 Å². The van der Waals surface area contributed by atoms with Gasteiger partial charge in [-0.05, 0) is 18.1 Å². The van der Waals surface area contributed by atoms with Crippen molar-refractivity contribution in [3.8, 4) is 0 Å². The van der Waals surface area contributed by atoms with Crippen LogP contribution in [0.2, 0.25) is 5.15 Å². The summed E-state index contributed by atoms with van der Waals surface area (Å²) in [5, 5.41) is 8.18. The van der Waals surface area contributed by atoms with Gasteiger partial charge in [0.05, 0.1) is 38.2 Å². The molecule has 0 aliphatic carbocycles. The summed E-state index contributed by atoms with van der Waals surface area (Å²) in [6.45, 7) is 2.70. The third-order valence-electron chi connectivity index (χ3n) is 6.30. The summed E-state index contributed by atoms with van der Waals surface area (Å²) in [6, 6.07) is 13.7. The Morgan fingerprint density at radius 2 is 1.62 bits per heavy atom. The number of benzene rings is 2. The van der Waals surface area contributed by atoms with Crippen LogP contribution in [0.15, 0.2) is 54.7 Å². The number of ether oxygens (including phenoxy) is 2. The van der Waals surface area contributed by atoms with E-state index in [4.69, 9.17) is 21.1 Å². The zero-order valence-electron chi connectivity index (χ0n) is 21.9. The van der Waals surface area contributed by atoms with Gasteiger partial charge in [0, 0.05) is 24.1 Å². The van der Waals surface area contributed by atoms with Crippen molar-refractivity contribution in [2.75, 3.05) is 14.2 Å². The second-order valence-electron chi connectivity index (χ2n) is 8.79. The van der Waals surface area contributed by atoms with Crippen molar-refractivity contribution in [3.05, 3.63) is 99.3 Å². The van der Waals surface area contributed by atoms with Gasteiger partial charge in [-0.2, -0.15) is 0 Å². The highest BCUT2D eigenvalue weighted by Gasteiger charge is 2.22. The van der Waals surface area contributed by atoms with Gasteiger partial charge in [0.25, 0.3) is 0 Å². The molecule has 4 rings (SSSR count). The molecule has 202 valence electrons. The summed E-state index contributed by atoms with van der Waals surface area (Å²) in [7, 11) is 2.57. The van der Waals surface area contributed by atoms with E-state index in [9.17, 15) is 14.4 Å². The van der Waals surface area contributed by atoms with E-state index in [0.29, 0.717) is 23.0 Å². The molecule has 2 aromatic carbocycles. The molecule has 0 amide bonds. The Hall–Kier alpha value is -4.31. The van der Waals surface area contributed by atoms with E-state index >= 15 is 0 Å². The number of aromatic nitrogens is 5.